The van der Waals surface area contributed by atoms with E-state index in [1.165, 1.54) is 66.2 Å². The molecule has 65 heavy (non-hydrogen) atoms. The lowest BCUT2D eigenvalue weighted by Crippen LogP contribution is -2.14. The summed E-state index contributed by atoms with van der Waals surface area (Å²) in [6.45, 7) is 4.71. The van der Waals surface area contributed by atoms with E-state index in [1.807, 2.05) is 6.07 Å². The molecule has 0 fully saturated rings. The molecule has 0 amide bonds. The van der Waals surface area contributed by atoms with Crippen molar-refractivity contribution in [3.05, 3.63) is 242 Å². The molecule has 0 atom stereocenters. The van der Waals surface area contributed by atoms with Crippen LogP contribution in [-0.2, 0) is 5.41 Å². The van der Waals surface area contributed by atoms with Gasteiger partial charge >= 0.3 is 0 Å². The van der Waals surface area contributed by atoms with Gasteiger partial charge in [0.25, 0.3) is 0 Å². The molecule has 1 aromatic heterocycles. The molecule has 2 nitrogen and oxygen atoms in total. The van der Waals surface area contributed by atoms with Crippen LogP contribution in [0.1, 0.15) is 25.0 Å². The van der Waals surface area contributed by atoms with E-state index in [2.05, 4.69) is 238 Å². The number of aromatic nitrogens is 2. The highest BCUT2D eigenvalue weighted by atomic mass is 14.9. The maximum Gasteiger partial charge on any atom is 0.160 e. The maximum absolute atomic E-state index is 5.35. The average molecular weight is 829 g/mol. The Balaban J connectivity index is 1.01. The number of hydrogen-bond acceptors (Lipinski definition) is 2. The summed E-state index contributed by atoms with van der Waals surface area (Å²) in [5.41, 5.74) is 19.7. The molecule has 0 bridgehead atoms. The molecule has 0 N–H and O–H groups in total. The van der Waals surface area contributed by atoms with Gasteiger partial charge in [-0.2, -0.15) is 0 Å². The van der Waals surface area contributed by atoms with Crippen LogP contribution in [0.15, 0.2) is 231 Å². The summed E-state index contributed by atoms with van der Waals surface area (Å²) in [6, 6.07) is 83.3. The van der Waals surface area contributed by atoms with Crippen LogP contribution in [0.2, 0.25) is 0 Å². The van der Waals surface area contributed by atoms with Crippen LogP contribution in [0.5, 0.6) is 0 Å². The fourth-order valence-corrected chi connectivity index (χ4v) is 10.3. The van der Waals surface area contributed by atoms with Gasteiger partial charge in [-0.05, 0) is 107 Å². The van der Waals surface area contributed by atoms with Crippen LogP contribution in [0, 0.1) is 0 Å². The molecule has 0 radical (unpaired) electrons. The van der Waals surface area contributed by atoms with Gasteiger partial charge in [-0.25, -0.2) is 9.97 Å². The van der Waals surface area contributed by atoms with E-state index >= 15 is 0 Å². The first-order valence-corrected chi connectivity index (χ1v) is 22.5. The summed E-state index contributed by atoms with van der Waals surface area (Å²) in [6.07, 6.45) is 0. The minimum Gasteiger partial charge on any atom is -0.228 e. The first-order valence-electron chi connectivity index (χ1n) is 22.5. The lowest BCUT2D eigenvalue weighted by Gasteiger charge is -2.22. The Hall–Kier alpha value is -8.20. The SMILES string of the molecule is CC1(C)c2ccccc2-c2ccc(-c3ccc(-c4ccc(-c5cc(-c6ccc(-c7ccccc7)cc6-c6ccccc6)nc(-c6ccccc6)n5)c5ccccc45)c4ccccc34)cc21. The molecule has 0 saturated carbocycles. The van der Waals surface area contributed by atoms with E-state index < -0.39 is 0 Å². The lowest BCUT2D eigenvalue weighted by molar-refractivity contribution is 0.660. The van der Waals surface area contributed by atoms with Gasteiger partial charge in [0.1, 0.15) is 0 Å². The van der Waals surface area contributed by atoms with Gasteiger partial charge in [-0.15, -0.1) is 0 Å². The van der Waals surface area contributed by atoms with Crippen LogP contribution in [0.4, 0.5) is 0 Å². The summed E-state index contributed by atoms with van der Waals surface area (Å²) in [5.74, 6) is 0.692. The largest absolute Gasteiger partial charge is 0.228 e. The highest BCUT2D eigenvalue weighted by Gasteiger charge is 2.35. The number of rotatable bonds is 7. The van der Waals surface area contributed by atoms with Crippen molar-refractivity contribution >= 4 is 21.5 Å². The zero-order valence-electron chi connectivity index (χ0n) is 36.3. The second-order valence-corrected chi connectivity index (χ2v) is 17.7. The molecule has 12 rings (SSSR count). The fourth-order valence-electron chi connectivity index (χ4n) is 10.3. The minimum absolute atomic E-state index is 0.0676. The number of fused-ring (bicyclic) bond motifs is 5. The number of nitrogens with zero attached hydrogens (tertiary/aromatic N) is 2. The third-order valence-electron chi connectivity index (χ3n) is 13.6. The quantitative estimate of drug-likeness (QED) is 0.160. The molecule has 1 heterocycles. The van der Waals surface area contributed by atoms with E-state index in [1.54, 1.807) is 0 Å². The lowest BCUT2D eigenvalue weighted by atomic mass is 9.81. The highest BCUT2D eigenvalue weighted by Crippen LogP contribution is 2.50. The Kier molecular flexibility index (Phi) is 9.21. The molecule has 1 aliphatic rings. The molecule has 306 valence electrons. The van der Waals surface area contributed by atoms with Gasteiger partial charge < -0.3 is 0 Å². The third-order valence-corrected chi connectivity index (χ3v) is 13.6. The zero-order chi connectivity index (χ0) is 43.5. The van der Waals surface area contributed by atoms with E-state index in [0.29, 0.717) is 5.82 Å². The van der Waals surface area contributed by atoms with Crippen molar-refractivity contribution < 1.29 is 0 Å². The molecule has 0 spiro atoms. The molecule has 2 heteroatoms. The first kappa shape index (κ1) is 38.5. The average Bonchev–Trinajstić information content (AvgIpc) is 3.61. The van der Waals surface area contributed by atoms with Crippen LogP contribution < -0.4 is 0 Å². The van der Waals surface area contributed by atoms with Gasteiger partial charge in [0.05, 0.1) is 11.4 Å². The van der Waals surface area contributed by atoms with Gasteiger partial charge in [0.2, 0.25) is 0 Å². The van der Waals surface area contributed by atoms with Gasteiger partial charge in [-0.3, -0.25) is 0 Å². The predicted molar refractivity (Wildman–Crippen MR) is 273 cm³/mol. The summed E-state index contributed by atoms with van der Waals surface area (Å²) < 4.78 is 0. The van der Waals surface area contributed by atoms with Crippen LogP contribution >= 0.6 is 0 Å². The molecule has 11 aromatic rings. The van der Waals surface area contributed by atoms with Crippen LogP contribution in [0.25, 0.3) is 111 Å². The first-order chi connectivity index (χ1) is 32.0. The Morgan fingerprint density at radius 1 is 0.262 bits per heavy atom. The highest BCUT2D eigenvalue weighted by molar-refractivity contribution is 6.12. The summed E-state index contributed by atoms with van der Waals surface area (Å²) in [4.78, 5) is 10.7. The van der Waals surface area contributed by atoms with Crippen molar-refractivity contribution in [1.82, 2.24) is 9.97 Å². The van der Waals surface area contributed by atoms with Crippen molar-refractivity contribution in [2.24, 2.45) is 0 Å². The molecule has 0 unspecified atom stereocenters. The van der Waals surface area contributed by atoms with Crippen LogP contribution in [0.3, 0.4) is 0 Å². The maximum atomic E-state index is 5.35. The standard InChI is InChI=1S/C63H44N2/c1-63(2)58-29-17-16-28-53(58)54-32-31-45(39-59(54)63)46-34-35-51(48-25-13-12-24-47(46)48)52-36-37-55(50-27-15-14-26-49(50)52)60-40-61(65-62(64-60)43-22-10-5-11-23-43)56-33-30-44(41-18-6-3-7-19-41)38-57(56)42-20-8-4-9-21-42/h3-40H,1-2H3. The predicted octanol–water partition coefficient (Wildman–Crippen LogP) is 16.8. The molecule has 10 aromatic carbocycles. The van der Waals surface area contributed by atoms with E-state index in [9.17, 15) is 0 Å². The Labute approximate surface area is 380 Å². The van der Waals surface area contributed by atoms with Crippen molar-refractivity contribution in [2.45, 2.75) is 19.3 Å². The summed E-state index contributed by atoms with van der Waals surface area (Å²) >= 11 is 0. The summed E-state index contributed by atoms with van der Waals surface area (Å²) in [7, 11) is 0. The van der Waals surface area contributed by atoms with Crippen molar-refractivity contribution in [3.8, 4) is 89.5 Å². The van der Waals surface area contributed by atoms with Crippen molar-refractivity contribution in [1.29, 1.82) is 0 Å². The van der Waals surface area contributed by atoms with Crippen molar-refractivity contribution in [3.63, 3.8) is 0 Å². The second kappa shape index (κ2) is 15.6. The van der Waals surface area contributed by atoms with E-state index in [0.717, 1.165) is 50.2 Å². The Morgan fingerprint density at radius 3 is 1.37 bits per heavy atom. The monoisotopic (exact) mass is 828 g/mol. The molecular weight excluding hydrogens is 785 g/mol. The number of hydrogen-bond donors (Lipinski definition) is 0. The molecule has 0 saturated heterocycles. The minimum atomic E-state index is -0.0676. The molecule has 1 aliphatic carbocycles. The van der Waals surface area contributed by atoms with Crippen molar-refractivity contribution in [2.75, 3.05) is 0 Å². The molecule has 0 aliphatic heterocycles. The Morgan fingerprint density at radius 2 is 0.708 bits per heavy atom. The Bertz CT molecular complexity index is 3610. The van der Waals surface area contributed by atoms with Gasteiger partial charge in [0, 0.05) is 22.1 Å². The van der Waals surface area contributed by atoms with Gasteiger partial charge in [0.15, 0.2) is 5.82 Å². The third kappa shape index (κ3) is 6.57. The summed E-state index contributed by atoms with van der Waals surface area (Å²) in [5, 5.41) is 4.80. The van der Waals surface area contributed by atoms with Crippen LogP contribution in [-0.4, -0.2) is 9.97 Å². The van der Waals surface area contributed by atoms with E-state index in [-0.39, 0.29) is 5.41 Å². The normalized spacial score (nSPS) is 12.6. The molecular formula is C63H44N2. The fraction of sp³-hybridized carbons (Fsp3) is 0.0476. The number of benzene rings is 10. The van der Waals surface area contributed by atoms with Gasteiger partial charge in [-0.1, -0.05) is 226 Å². The smallest absolute Gasteiger partial charge is 0.160 e. The second-order valence-electron chi connectivity index (χ2n) is 17.7. The zero-order valence-corrected chi connectivity index (χ0v) is 36.3. The van der Waals surface area contributed by atoms with E-state index in [4.69, 9.17) is 9.97 Å². The topological polar surface area (TPSA) is 25.8 Å².